The molecule has 1 atom stereocenters. The predicted molar refractivity (Wildman–Crippen MR) is 93.7 cm³/mol. The van der Waals surface area contributed by atoms with E-state index in [4.69, 9.17) is 4.74 Å². The van der Waals surface area contributed by atoms with Crippen LogP contribution in [0.4, 0.5) is 4.79 Å². The molecule has 1 fully saturated rings. The van der Waals surface area contributed by atoms with Crippen molar-refractivity contribution in [1.29, 1.82) is 0 Å². The van der Waals surface area contributed by atoms with Crippen LogP contribution >= 0.6 is 0 Å². The number of rotatable bonds is 7. The van der Waals surface area contributed by atoms with Gasteiger partial charge < -0.3 is 20.1 Å². The Kier molecular flexibility index (Phi) is 7.49. The summed E-state index contributed by atoms with van der Waals surface area (Å²) in [6.45, 7) is 9.10. The van der Waals surface area contributed by atoms with Gasteiger partial charge in [0.05, 0.1) is 12.7 Å². The van der Waals surface area contributed by atoms with Gasteiger partial charge in [-0.05, 0) is 25.0 Å². The third-order valence-corrected chi connectivity index (χ3v) is 4.33. The third kappa shape index (κ3) is 5.47. The molecule has 1 aliphatic heterocycles. The van der Waals surface area contributed by atoms with Crippen LogP contribution in [0, 0.1) is 0 Å². The minimum atomic E-state index is -0.0167. The van der Waals surface area contributed by atoms with E-state index in [1.54, 1.807) is 0 Å². The van der Waals surface area contributed by atoms with Crippen LogP contribution < -0.4 is 5.32 Å². The Bertz CT molecular complexity index is 516. The van der Waals surface area contributed by atoms with Crippen molar-refractivity contribution in [1.82, 2.24) is 15.1 Å². The van der Waals surface area contributed by atoms with Crippen LogP contribution in [0.2, 0.25) is 0 Å². The molecule has 0 spiro atoms. The van der Waals surface area contributed by atoms with E-state index >= 15 is 0 Å². The lowest BCUT2D eigenvalue weighted by atomic mass is 10.1. The SMILES string of the molecule is CCO[C@H](C)CNC(=O)N1CCN(Cc2ccccc2CO)CC1. The number of ether oxygens (including phenoxy) is 1. The summed E-state index contributed by atoms with van der Waals surface area (Å²) in [5.41, 5.74) is 2.13. The second kappa shape index (κ2) is 9.61. The van der Waals surface area contributed by atoms with Gasteiger partial charge in [0.25, 0.3) is 0 Å². The highest BCUT2D eigenvalue weighted by Gasteiger charge is 2.21. The van der Waals surface area contributed by atoms with E-state index in [0.29, 0.717) is 13.2 Å². The highest BCUT2D eigenvalue weighted by Crippen LogP contribution is 2.13. The van der Waals surface area contributed by atoms with Crippen LogP contribution in [0.25, 0.3) is 0 Å². The number of hydrogen-bond donors (Lipinski definition) is 2. The number of aliphatic hydroxyl groups is 1. The van der Waals surface area contributed by atoms with Crippen LogP contribution in [-0.2, 0) is 17.9 Å². The Hall–Kier alpha value is -1.63. The standard InChI is InChI=1S/C18H29N3O3/c1-3-24-15(2)12-19-18(23)21-10-8-20(9-11-21)13-16-6-4-5-7-17(16)14-22/h4-7,15,22H,3,8-14H2,1-2H3,(H,19,23)/t15-/m1/s1. The van der Waals surface area contributed by atoms with Crippen LogP contribution in [0.5, 0.6) is 0 Å². The molecular formula is C18H29N3O3. The van der Waals surface area contributed by atoms with Crippen molar-refractivity contribution in [2.45, 2.75) is 33.1 Å². The van der Waals surface area contributed by atoms with Crippen molar-refractivity contribution in [2.75, 3.05) is 39.3 Å². The first-order valence-electron chi connectivity index (χ1n) is 8.68. The number of piperazine rings is 1. The summed E-state index contributed by atoms with van der Waals surface area (Å²) >= 11 is 0. The maximum atomic E-state index is 12.2. The smallest absolute Gasteiger partial charge is 0.317 e. The molecule has 1 aromatic carbocycles. The molecule has 0 aliphatic carbocycles. The molecule has 1 saturated heterocycles. The Morgan fingerprint density at radius 2 is 1.92 bits per heavy atom. The Morgan fingerprint density at radius 3 is 2.54 bits per heavy atom. The summed E-state index contributed by atoms with van der Waals surface area (Å²) in [5, 5.41) is 12.3. The van der Waals surface area contributed by atoms with Gasteiger partial charge in [0, 0.05) is 45.9 Å². The molecule has 24 heavy (non-hydrogen) atoms. The van der Waals surface area contributed by atoms with Gasteiger partial charge in [0.1, 0.15) is 0 Å². The lowest BCUT2D eigenvalue weighted by Crippen LogP contribution is -2.52. The zero-order chi connectivity index (χ0) is 17.4. The first kappa shape index (κ1) is 18.7. The fourth-order valence-electron chi connectivity index (χ4n) is 2.90. The molecule has 2 rings (SSSR count). The summed E-state index contributed by atoms with van der Waals surface area (Å²) in [4.78, 5) is 16.4. The highest BCUT2D eigenvalue weighted by molar-refractivity contribution is 5.74. The maximum absolute atomic E-state index is 12.2. The van der Waals surface area contributed by atoms with Crippen LogP contribution in [0.15, 0.2) is 24.3 Å². The zero-order valence-electron chi connectivity index (χ0n) is 14.7. The largest absolute Gasteiger partial charge is 0.392 e. The highest BCUT2D eigenvalue weighted by atomic mass is 16.5. The molecular weight excluding hydrogens is 306 g/mol. The summed E-state index contributed by atoms with van der Waals surface area (Å²) in [7, 11) is 0. The van der Waals surface area contributed by atoms with Gasteiger partial charge in [-0.1, -0.05) is 24.3 Å². The number of carbonyl (C=O) groups is 1. The molecule has 2 N–H and O–H groups in total. The van der Waals surface area contributed by atoms with E-state index in [-0.39, 0.29) is 18.7 Å². The summed E-state index contributed by atoms with van der Waals surface area (Å²) in [5.74, 6) is 0. The molecule has 134 valence electrons. The molecule has 0 aromatic heterocycles. The predicted octanol–water partition coefficient (Wildman–Crippen LogP) is 1.43. The average Bonchev–Trinajstić information content (AvgIpc) is 2.61. The monoisotopic (exact) mass is 335 g/mol. The van der Waals surface area contributed by atoms with Crippen LogP contribution in [0.3, 0.4) is 0 Å². The quantitative estimate of drug-likeness (QED) is 0.791. The van der Waals surface area contributed by atoms with Gasteiger partial charge in [0.15, 0.2) is 0 Å². The molecule has 1 aliphatic rings. The van der Waals surface area contributed by atoms with Gasteiger partial charge in [-0.25, -0.2) is 4.79 Å². The van der Waals surface area contributed by atoms with E-state index < -0.39 is 0 Å². The van der Waals surface area contributed by atoms with Gasteiger partial charge in [-0.15, -0.1) is 0 Å². The summed E-state index contributed by atoms with van der Waals surface area (Å²) in [6.07, 6.45) is 0.0372. The molecule has 6 nitrogen and oxygen atoms in total. The topological polar surface area (TPSA) is 65.0 Å². The number of nitrogens with zero attached hydrogens (tertiary/aromatic N) is 2. The molecule has 0 unspecified atom stereocenters. The molecule has 1 aromatic rings. The summed E-state index contributed by atoms with van der Waals surface area (Å²) < 4.78 is 5.42. The van der Waals surface area contributed by atoms with E-state index in [1.807, 2.05) is 36.9 Å². The van der Waals surface area contributed by atoms with E-state index in [2.05, 4.69) is 16.3 Å². The van der Waals surface area contributed by atoms with E-state index in [0.717, 1.165) is 43.9 Å². The van der Waals surface area contributed by atoms with Crippen molar-refractivity contribution in [2.24, 2.45) is 0 Å². The number of hydrogen-bond acceptors (Lipinski definition) is 4. The van der Waals surface area contributed by atoms with Crippen molar-refractivity contribution >= 4 is 6.03 Å². The fourth-order valence-corrected chi connectivity index (χ4v) is 2.90. The molecule has 2 amide bonds. The Balaban J connectivity index is 1.75. The minimum absolute atomic E-state index is 0.0167. The van der Waals surface area contributed by atoms with Crippen molar-refractivity contribution in [3.05, 3.63) is 35.4 Å². The van der Waals surface area contributed by atoms with E-state index in [1.165, 1.54) is 0 Å². The normalized spacial score (nSPS) is 16.9. The molecule has 0 radical (unpaired) electrons. The Morgan fingerprint density at radius 1 is 1.25 bits per heavy atom. The van der Waals surface area contributed by atoms with Gasteiger partial charge >= 0.3 is 6.03 Å². The molecule has 0 bridgehead atoms. The number of nitrogens with one attached hydrogen (secondary N) is 1. The molecule has 1 heterocycles. The van der Waals surface area contributed by atoms with Gasteiger partial charge in [0.2, 0.25) is 0 Å². The number of aliphatic hydroxyl groups excluding tert-OH is 1. The summed E-state index contributed by atoms with van der Waals surface area (Å²) in [6, 6.07) is 7.94. The maximum Gasteiger partial charge on any atom is 0.317 e. The zero-order valence-corrected chi connectivity index (χ0v) is 14.7. The Labute approximate surface area is 144 Å². The number of benzene rings is 1. The third-order valence-electron chi connectivity index (χ3n) is 4.33. The van der Waals surface area contributed by atoms with Crippen LogP contribution in [-0.4, -0.2) is 66.4 Å². The number of amides is 2. The van der Waals surface area contributed by atoms with Crippen molar-refractivity contribution in [3.8, 4) is 0 Å². The fraction of sp³-hybridized carbons (Fsp3) is 0.611. The van der Waals surface area contributed by atoms with Crippen molar-refractivity contribution in [3.63, 3.8) is 0 Å². The van der Waals surface area contributed by atoms with Gasteiger partial charge in [-0.3, -0.25) is 4.90 Å². The average molecular weight is 335 g/mol. The minimum Gasteiger partial charge on any atom is -0.392 e. The first-order chi connectivity index (χ1) is 11.6. The molecule has 6 heteroatoms. The second-order valence-electron chi connectivity index (χ2n) is 6.14. The van der Waals surface area contributed by atoms with E-state index in [9.17, 15) is 9.90 Å². The van der Waals surface area contributed by atoms with Crippen LogP contribution in [0.1, 0.15) is 25.0 Å². The van der Waals surface area contributed by atoms with Crippen molar-refractivity contribution < 1.29 is 14.6 Å². The lowest BCUT2D eigenvalue weighted by molar-refractivity contribution is 0.0744. The lowest BCUT2D eigenvalue weighted by Gasteiger charge is -2.35. The first-order valence-corrected chi connectivity index (χ1v) is 8.68. The van der Waals surface area contributed by atoms with Gasteiger partial charge in [-0.2, -0.15) is 0 Å². The number of urea groups is 1. The number of carbonyl (C=O) groups excluding carboxylic acids is 1. The second-order valence-corrected chi connectivity index (χ2v) is 6.14. The molecule has 0 saturated carbocycles.